The zero-order chi connectivity index (χ0) is 11.9. The van der Waals surface area contributed by atoms with Crippen LogP contribution in [0.5, 0.6) is 0 Å². The van der Waals surface area contributed by atoms with Gasteiger partial charge in [-0.05, 0) is 50.0 Å². The molecule has 0 amide bonds. The van der Waals surface area contributed by atoms with Crippen LogP contribution in [0.15, 0.2) is 24.3 Å². The molecule has 17 heavy (non-hydrogen) atoms. The summed E-state index contributed by atoms with van der Waals surface area (Å²) < 4.78 is 0. The molecule has 1 saturated heterocycles. The highest BCUT2D eigenvalue weighted by molar-refractivity contribution is 5.23. The fourth-order valence-electron chi connectivity index (χ4n) is 2.45. The number of likely N-dealkylation sites (tertiary alicyclic amines) is 1. The Balaban J connectivity index is 1.86. The Morgan fingerprint density at radius 1 is 1.18 bits per heavy atom. The lowest BCUT2D eigenvalue weighted by molar-refractivity contribution is 0.331. The van der Waals surface area contributed by atoms with Crippen molar-refractivity contribution in [1.29, 1.82) is 0 Å². The first kappa shape index (κ1) is 12.6. The van der Waals surface area contributed by atoms with E-state index in [0.717, 1.165) is 19.6 Å². The van der Waals surface area contributed by atoms with Crippen LogP contribution in [0.4, 0.5) is 0 Å². The monoisotopic (exact) mass is 232 g/mol. The molecular formula is C15H24N2. The van der Waals surface area contributed by atoms with Gasteiger partial charge in [0.05, 0.1) is 0 Å². The number of nitrogens with one attached hydrogen (secondary N) is 1. The Morgan fingerprint density at radius 2 is 1.94 bits per heavy atom. The summed E-state index contributed by atoms with van der Waals surface area (Å²) in [5.41, 5.74) is 2.87. The maximum Gasteiger partial charge on any atom is 0.0233 e. The van der Waals surface area contributed by atoms with E-state index in [9.17, 15) is 0 Å². The molecule has 0 saturated carbocycles. The summed E-state index contributed by atoms with van der Waals surface area (Å²) in [7, 11) is 0. The standard InChI is InChI=1S/C15H24N2/c1-2-8-16-12-14-6-5-7-15(11-14)13-17-9-3-4-10-17/h5-7,11,16H,2-4,8-10,12-13H2,1H3. The quantitative estimate of drug-likeness (QED) is 0.759. The van der Waals surface area contributed by atoms with Crippen LogP contribution in [0.3, 0.4) is 0 Å². The highest BCUT2D eigenvalue weighted by atomic mass is 15.1. The summed E-state index contributed by atoms with van der Waals surface area (Å²) in [6.07, 6.45) is 3.95. The Hall–Kier alpha value is -0.860. The van der Waals surface area contributed by atoms with Gasteiger partial charge < -0.3 is 5.32 Å². The molecule has 0 aromatic heterocycles. The van der Waals surface area contributed by atoms with E-state index in [0.29, 0.717) is 0 Å². The van der Waals surface area contributed by atoms with Crippen LogP contribution >= 0.6 is 0 Å². The molecule has 0 radical (unpaired) electrons. The van der Waals surface area contributed by atoms with Gasteiger partial charge in [-0.25, -0.2) is 0 Å². The summed E-state index contributed by atoms with van der Waals surface area (Å²) in [4.78, 5) is 2.55. The van der Waals surface area contributed by atoms with Gasteiger partial charge in [0.1, 0.15) is 0 Å². The third-order valence-electron chi connectivity index (χ3n) is 3.35. The summed E-state index contributed by atoms with van der Waals surface area (Å²) in [5, 5.41) is 3.46. The molecule has 1 heterocycles. The van der Waals surface area contributed by atoms with Crippen molar-refractivity contribution in [3.05, 3.63) is 35.4 Å². The fraction of sp³-hybridized carbons (Fsp3) is 0.600. The van der Waals surface area contributed by atoms with E-state index in [1.54, 1.807) is 0 Å². The molecule has 0 aliphatic carbocycles. The first-order valence-electron chi connectivity index (χ1n) is 6.89. The summed E-state index contributed by atoms with van der Waals surface area (Å²) in [5.74, 6) is 0. The molecule has 1 fully saturated rings. The van der Waals surface area contributed by atoms with E-state index in [2.05, 4.69) is 41.4 Å². The molecule has 0 spiro atoms. The van der Waals surface area contributed by atoms with Crippen LogP contribution in [0.25, 0.3) is 0 Å². The third kappa shape index (κ3) is 4.14. The molecule has 2 rings (SSSR count). The van der Waals surface area contributed by atoms with Gasteiger partial charge in [-0.1, -0.05) is 31.2 Å². The number of hydrogen-bond donors (Lipinski definition) is 1. The van der Waals surface area contributed by atoms with E-state index in [1.165, 1.54) is 43.5 Å². The molecule has 1 aromatic rings. The van der Waals surface area contributed by atoms with Gasteiger partial charge in [-0.2, -0.15) is 0 Å². The van der Waals surface area contributed by atoms with Gasteiger partial charge in [0.2, 0.25) is 0 Å². The predicted octanol–water partition coefficient (Wildman–Crippen LogP) is 2.78. The molecule has 1 N–H and O–H groups in total. The van der Waals surface area contributed by atoms with E-state index in [4.69, 9.17) is 0 Å². The second-order valence-electron chi connectivity index (χ2n) is 4.98. The van der Waals surface area contributed by atoms with Crippen molar-refractivity contribution in [2.75, 3.05) is 19.6 Å². The molecule has 2 heteroatoms. The lowest BCUT2D eigenvalue weighted by Gasteiger charge is -2.15. The van der Waals surface area contributed by atoms with E-state index < -0.39 is 0 Å². The number of benzene rings is 1. The molecular weight excluding hydrogens is 208 g/mol. The van der Waals surface area contributed by atoms with Crippen LogP contribution in [0.2, 0.25) is 0 Å². The maximum atomic E-state index is 3.46. The van der Waals surface area contributed by atoms with Crippen molar-refractivity contribution >= 4 is 0 Å². The smallest absolute Gasteiger partial charge is 0.0233 e. The highest BCUT2D eigenvalue weighted by Crippen LogP contribution is 2.13. The molecule has 0 atom stereocenters. The van der Waals surface area contributed by atoms with Crippen molar-refractivity contribution in [2.24, 2.45) is 0 Å². The second-order valence-corrected chi connectivity index (χ2v) is 4.98. The van der Waals surface area contributed by atoms with Gasteiger partial charge in [-0.15, -0.1) is 0 Å². The van der Waals surface area contributed by atoms with Crippen molar-refractivity contribution in [2.45, 2.75) is 39.3 Å². The minimum atomic E-state index is 1.00. The van der Waals surface area contributed by atoms with Crippen molar-refractivity contribution < 1.29 is 0 Å². The Bertz CT molecular complexity index is 329. The molecule has 0 bridgehead atoms. The minimum Gasteiger partial charge on any atom is -0.313 e. The van der Waals surface area contributed by atoms with Crippen LogP contribution in [-0.4, -0.2) is 24.5 Å². The van der Waals surface area contributed by atoms with E-state index in [1.807, 2.05) is 0 Å². The topological polar surface area (TPSA) is 15.3 Å². The van der Waals surface area contributed by atoms with E-state index >= 15 is 0 Å². The summed E-state index contributed by atoms with van der Waals surface area (Å²) in [6.45, 7) is 7.99. The zero-order valence-electron chi connectivity index (χ0n) is 10.9. The Kier molecular flexibility index (Phi) is 5.02. The van der Waals surface area contributed by atoms with Gasteiger partial charge in [0.25, 0.3) is 0 Å². The first-order valence-corrected chi connectivity index (χ1v) is 6.89. The first-order chi connectivity index (χ1) is 8.38. The predicted molar refractivity (Wildman–Crippen MR) is 73.0 cm³/mol. The van der Waals surface area contributed by atoms with Gasteiger partial charge in [-0.3, -0.25) is 4.90 Å². The largest absolute Gasteiger partial charge is 0.313 e. The fourth-order valence-corrected chi connectivity index (χ4v) is 2.45. The van der Waals surface area contributed by atoms with Crippen molar-refractivity contribution in [3.63, 3.8) is 0 Å². The summed E-state index contributed by atoms with van der Waals surface area (Å²) >= 11 is 0. The SMILES string of the molecule is CCCNCc1cccc(CN2CCCC2)c1. The Morgan fingerprint density at radius 3 is 2.71 bits per heavy atom. The summed E-state index contributed by atoms with van der Waals surface area (Å²) in [6, 6.07) is 9.01. The van der Waals surface area contributed by atoms with Gasteiger partial charge >= 0.3 is 0 Å². The number of hydrogen-bond acceptors (Lipinski definition) is 2. The zero-order valence-corrected chi connectivity index (χ0v) is 10.9. The van der Waals surface area contributed by atoms with Crippen LogP contribution in [0, 0.1) is 0 Å². The lowest BCUT2D eigenvalue weighted by atomic mass is 10.1. The molecule has 1 aliphatic rings. The number of nitrogens with zero attached hydrogens (tertiary/aromatic N) is 1. The molecule has 94 valence electrons. The number of rotatable bonds is 6. The molecule has 0 unspecified atom stereocenters. The molecule has 2 nitrogen and oxygen atoms in total. The minimum absolute atomic E-state index is 1.00. The Labute approximate surface area is 105 Å². The molecule has 1 aromatic carbocycles. The lowest BCUT2D eigenvalue weighted by Crippen LogP contribution is -2.19. The third-order valence-corrected chi connectivity index (χ3v) is 3.35. The van der Waals surface area contributed by atoms with Crippen molar-refractivity contribution in [3.8, 4) is 0 Å². The van der Waals surface area contributed by atoms with Crippen LogP contribution in [0.1, 0.15) is 37.3 Å². The second kappa shape index (κ2) is 6.77. The van der Waals surface area contributed by atoms with Crippen molar-refractivity contribution in [1.82, 2.24) is 10.2 Å². The molecule has 1 aliphatic heterocycles. The van der Waals surface area contributed by atoms with Crippen LogP contribution < -0.4 is 5.32 Å². The van der Waals surface area contributed by atoms with E-state index in [-0.39, 0.29) is 0 Å². The van der Waals surface area contributed by atoms with Gasteiger partial charge in [0, 0.05) is 13.1 Å². The normalized spacial score (nSPS) is 16.5. The average molecular weight is 232 g/mol. The highest BCUT2D eigenvalue weighted by Gasteiger charge is 2.11. The maximum absolute atomic E-state index is 3.46. The van der Waals surface area contributed by atoms with Crippen LogP contribution in [-0.2, 0) is 13.1 Å². The average Bonchev–Trinajstić information content (AvgIpc) is 2.83. The van der Waals surface area contributed by atoms with Gasteiger partial charge in [0.15, 0.2) is 0 Å².